The first-order valence-electron chi connectivity index (χ1n) is 5.62. The molecular formula is C12H10F5NO3. The molecular weight excluding hydrogens is 301 g/mol. The summed E-state index contributed by atoms with van der Waals surface area (Å²) in [7, 11) is 0. The van der Waals surface area contributed by atoms with Crippen LogP contribution in [0.15, 0.2) is 24.3 Å². The summed E-state index contributed by atoms with van der Waals surface area (Å²) in [5.41, 5.74) is -1.64. The van der Waals surface area contributed by atoms with Crippen LogP contribution in [0.1, 0.15) is 12.5 Å². The number of carbonyl (C=O) groups excluding carboxylic acids is 2. The maximum Gasteiger partial charge on any atom is 0.419 e. The van der Waals surface area contributed by atoms with Gasteiger partial charge in [-0.25, -0.2) is 4.79 Å². The van der Waals surface area contributed by atoms with Gasteiger partial charge in [0.2, 0.25) is 0 Å². The number of benzene rings is 1. The number of halogens is 5. The Balaban J connectivity index is 2.91. The smallest absolute Gasteiger partial charge is 0.419 e. The van der Waals surface area contributed by atoms with Crippen molar-refractivity contribution in [3.8, 4) is 0 Å². The first-order valence-corrected chi connectivity index (χ1v) is 5.62. The summed E-state index contributed by atoms with van der Waals surface area (Å²) in [6.45, 7) is 0.893. The number of esters is 1. The van der Waals surface area contributed by atoms with E-state index >= 15 is 0 Å². The van der Waals surface area contributed by atoms with Crippen molar-refractivity contribution in [2.75, 3.05) is 11.9 Å². The Morgan fingerprint density at radius 2 is 1.81 bits per heavy atom. The SMILES string of the molecule is CCOC(=O)C(F)(F)C(=O)Nc1cccc(C(F)(F)F)c1. The fourth-order valence-electron chi connectivity index (χ4n) is 1.30. The standard InChI is InChI=1S/C12H10F5NO3/c1-2-21-10(20)11(13,14)9(19)18-8-5-3-4-7(6-8)12(15,16)17/h3-6H,2H2,1H3,(H,18,19). The van der Waals surface area contributed by atoms with Crippen LogP contribution in [0.2, 0.25) is 0 Å². The largest absolute Gasteiger partial charge is 0.461 e. The van der Waals surface area contributed by atoms with Gasteiger partial charge in [0.15, 0.2) is 0 Å². The minimum absolute atomic E-state index is 0.370. The number of amides is 1. The van der Waals surface area contributed by atoms with E-state index in [-0.39, 0.29) is 6.61 Å². The van der Waals surface area contributed by atoms with E-state index in [2.05, 4.69) is 4.74 Å². The number of nitrogens with one attached hydrogen (secondary N) is 1. The highest BCUT2D eigenvalue weighted by atomic mass is 19.4. The average molecular weight is 311 g/mol. The summed E-state index contributed by atoms with van der Waals surface area (Å²) < 4.78 is 67.9. The van der Waals surface area contributed by atoms with Gasteiger partial charge in [0.05, 0.1) is 12.2 Å². The first kappa shape index (κ1) is 16.9. The second-order valence-corrected chi connectivity index (χ2v) is 3.83. The molecule has 0 aliphatic rings. The van der Waals surface area contributed by atoms with E-state index in [9.17, 15) is 31.5 Å². The summed E-state index contributed by atoms with van der Waals surface area (Å²) in [5.74, 6) is -8.64. The van der Waals surface area contributed by atoms with Crippen molar-refractivity contribution in [3.05, 3.63) is 29.8 Å². The minimum Gasteiger partial charge on any atom is -0.461 e. The minimum atomic E-state index is -4.69. The lowest BCUT2D eigenvalue weighted by atomic mass is 10.2. The zero-order valence-electron chi connectivity index (χ0n) is 10.6. The molecule has 0 spiro atoms. The van der Waals surface area contributed by atoms with Crippen molar-refractivity contribution in [2.45, 2.75) is 19.0 Å². The average Bonchev–Trinajstić information content (AvgIpc) is 2.38. The predicted molar refractivity (Wildman–Crippen MR) is 61.7 cm³/mol. The van der Waals surface area contributed by atoms with E-state index < -0.39 is 35.2 Å². The Labute approximate surface area is 115 Å². The molecule has 0 fully saturated rings. The van der Waals surface area contributed by atoms with Crippen LogP contribution >= 0.6 is 0 Å². The molecule has 1 aromatic rings. The second kappa shape index (κ2) is 6.06. The quantitative estimate of drug-likeness (QED) is 0.528. The van der Waals surface area contributed by atoms with E-state index in [1.165, 1.54) is 6.92 Å². The van der Waals surface area contributed by atoms with Gasteiger partial charge in [0.1, 0.15) is 0 Å². The van der Waals surface area contributed by atoms with E-state index in [1.807, 2.05) is 0 Å². The Bertz CT molecular complexity index is 542. The fourth-order valence-corrected chi connectivity index (χ4v) is 1.30. The Kier molecular flexibility index (Phi) is 4.87. The Morgan fingerprint density at radius 3 is 2.33 bits per heavy atom. The lowest BCUT2D eigenvalue weighted by molar-refractivity contribution is -0.175. The monoisotopic (exact) mass is 311 g/mol. The molecule has 116 valence electrons. The molecule has 4 nitrogen and oxygen atoms in total. The van der Waals surface area contributed by atoms with Crippen LogP contribution in [0.25, 0.3) is 0 Å². The van der Waals surface area contributed by atoms with Gasteiger partial charge in [0, 0.05) is 5.69 Å². The molecule has 1 rings (SSSR count). The second-order valence-electron chi connectivity index (χ2n) is 3.83. The zero-order valence-corrected chi connectivity index (χ0v) is 10.6. The number of hydrogen-bond acceptors (Lipinski definition) is 3. The molecule has 0 aliphatic carbocycles. The van der Waals surface area contributed by atoms with Gasteiger partial charge in [-0.2, -0.15) is 22.0 Å². The summed E-state index contributed by atoms with van der Waals surface area (Å²) in [4.78, 5) is 22.2. The lowest BCUT2D eigenvalue weighted by Gasteiger charge is -2.15. The molecule has 0 saturated heterocycles. The third-order valence-corrected chi connectivity index (χ3v) is 2.26. The highest BCUT2D eigenvalue weighted by Gasteiger charge is 2.49. The molecule has 0 unspecified atom stereocenters. The number of rotatable bonds is 4. The maximum atomic E-state index is 13.3. The van der Waals surface area contributed by atoms with E-state index in [4.69, 9.17) is 0 Å². The molecule has 0 aromatic heterocycles. The van der Waals surface area contributed by atoms with Crippen LogP contribution in [0.3, 0.4) is 0 Å². The van der Waals surface area contributed by atoms with Crippen molar-refractivity contribution in [1.29, 1.82) is 0 Å². The molecule has 21 heavy (non-hydrogen) atoms. The fraction of sp³-hybridized carbons (Fsp3) is 0.333. The van der Waals surface area contributed by atoms with Gasteiger partial charge in [-0.05, 0) is 25.1 Å². The molecule has 0 bridgehead atoms. The third kappa shape index (κ3) is 4.14. The zero-order chi connectivity index (χ0) is 16.3. The number of hydrogen-bond donors (Lipinski definition) is 1. The Hall–Kier alpha value is -2.19. The molecule has 0 aliphatic heterocycles. The van der Waals surface area contributed by atoms with Crippen LogP contribution < -0.4 is 5.32 Å². The first-order chi connectivity index (χ1) is 9.59. The number of ether oxygens (including phenoxy) is 1. The van der Waals surface area contributed by atoms with E-state index in [0.717, 1.165) is 12.1 Å². The summed E-state index contributed by atoms with van der Waals surface area (Å²) in [6, 6.07) is 3.09. The van der Waals surface area contributed by atoms with Crippen LogP contribution in [0.5, 0.6) is 0 Å². The summed E-state index contributed by atoms with van der Waals surface area (Å²) in [5, 5.41) is 1.54. The summed E-state index contributed by atoms with van der Waals surface area (Å²) >= 11 is 0. The molecule has 1 aromatic carbocycles. The van der Waals surface area contributed by atoms with Crippen LogP contribution in [0.4, 0.5) is 27.6 Å². The van der Waals surface area contributed by atoms with Crippen LogP contribution in [0, 0.1) is 0 Å². The number of anilines is 1. The van der Waals surface area contributed by atoms with Gasteiger partial charge in [0.25, 0.3) is 0 Å². The number of carbonyl (C=O) groups is 2. The van der Waals surface area contributed by atoms with Crippen molar-refractivity contribution in [1.82, 2.24) is 0 Å². The van der Waals surface area contributed by atoms with Gasteiger partial charge in [-0.15, -0.1) is 0 Å². The lowest BCUT2D eigenvalue weighted by Crippen LogP contribution is -2.43. The molecule has 0 atom stereocenters. The molecule has 0 saturated carbocycles. The molecule has 1 amide bonds. The van der Waals surface area contributed by atoms with Crippen LogP contribution in [-0.2, 0) is 20.5 Å². The van der Waals surface area contributed by atoms with E-state index in [0.29, 0.717) is 12.1 Å². The molecule has 1 N–H and O–H groups in total. The molecule has 0 radical (unpaired) electrons. The molecule has 9 heteroatoms. The van der Waals surface area contributed by atoms with Gasteiger partial charge in [-0.3, -0.25) is 4.79 Å². The highest BCUT2D eigenvalue weighted by molar-refractivity contribution is 6.10. The van der Waals surface area contributed by atoms with Gasteiger partial charge >= 0.3 is 24.0 Å². The van der Waals surface area contributed by atoms with Crippen molar-refractivity contribution < 1.29 is 36.3 Å². The normalized spacial score (nSPS) is 11.9. The maximum absolute atomic E-state index is 13.3. The van der Waals surface area contributed by atoms with Crippen molar-refractivity contribution >= 4 is 17.6 Å². The molecule has 0 heterocycles. The number of alkyl halides is 5. The highest BCUT2D eigenvalue weighted by Crippen LogP contribution is 2.31. The van der Waals surface area contributed by atoms with Crippen molar-refractivity contribution in [3.63, 3.8) is 0 Å². The van der Waals surface area contributed by atoms with Gasteiger partial charge < -0.3 is 10.1 Å². The topological polar surface area (TPSA) is 55.4 Å². The Morgan fingerprint density at radius 1 is 1.19 bits per heavy atom. The van der Waals surface area contributed by atoms with Crippen LogP contribution in [-0.4, -0.2) is 24.4 Å². The predicted octanol–water partition coefficient (Wildman–Crippen LogP) is 2.84. The van der Waals surface area contributed by atoms with Gasteiger partial charge in [-0.1, -0.05) is 6.07 Å². The van der Waals surface area contributed by atoms with Crippen molar-refractivity contribution in [2.24, 2.45) is 0 Å². The summed E-state index contributed by atoms with van der Waals surface area (Å²) in [6.07, 6.45) is -4.69. The third-order valence-electron chi connectivity index (χ3n) is 2.26. The van der Waals surface area contributed by atoms with E-state index in [1.54, 1.807) is 5.32 Å².